The molecule has 0 aliphatic rings. The normalized spacial score (nSPS) is 11.9. The van der Waals surface area contributed by atoms with Crippen LogP contribution in [-0.4, -0.2) is 28.0 Å². The van der Waals surface area contributed by atoms with Crippen LogP contribution in [0.25, 0.3) is 0 Å². The Morgan fingerprint density at radius 2 is 1.87 bits per heavy atom. The van der Waals surface area contributed by atoms with Crippen molar-refractivity contribution in [2.75, 3.05) is 12.9 Å². The molecule has 23 heavy (non-hydrogen) atoms. The molecule has 0 fully saturated rings. The standard InChI is InChI=1S/C17H20N2O3S/c1-13-3-8-17(19-9-13)23(21)12-16(20)18-10-14-4-6-15(7-5-14)11-22-2/h3-9H,10-12H2,1-2H3,(H,18,20)/t23-/m1/s1. The first-order valence-corrected chi connectivity index (χ1v) is 8.55. The summed E-state index contributed by atoms with van der Waals surface area (Å²) < 4.78 is 17.1. The molecule has 5 nitrogen and oxygen atoms in total. The van der Waals surface area contributed by atoms with Crippen molar-refractivity contribution < 1.29 is 13.7 Å². The molecule has 1 atom stereocenters. The average molecular weight is 332 g/mol. The first-order valence-electron chi connectivity index (χ1n) is 7.23. The molecule has 2 rings (SSSR count). The van der Waals surface area contributed by atoms with Crippen LogP contribution < -0.4 is 5.32 Å². The summed E-state index contributed by atoms with van der Waals surface area (Å²) in [6.07, 6.45) is 1.65. The number of amides is 1. The summed E-state index contributed by atoms with van der Waals surface area (Å²) >= 11 is 0. The van der Waals surface area contributed by atoms with Crippen LogP contribution in [0.5, 0.6) is 0 Å². The number of hydrogen-bond acceptors (Lipinski definition) is 4. The number of nitrogens with zero attached hydrogens (tertiary/aromatic N) is 1. The molecule has 0 saturated heterocycles. The summed E-state index contributed by atoms with van der Waals surface area (Å²) in [7, 11) is 0.224. The van der Waals surface area contributed by atoms with Gasteiger partial charge in [0, 0.05) is 19.9 Å². The molecule has 0 saturated carbocycles. The Labute approximate surface area is 138 Å². The minimum Gasteiger partial charge on any atom is -0.380 e. The fourth-order valence-corrected chi connectivity index (χ4v) is 2.83. The molecule has 1 amide bonds. The van der Waals surface area contributed by atoms with E-state index in [9.17, 15) is 9.00 Å². The van der Waals surface area contributed by atoms with Gasteiger partial charge in [0.05, 0.1) is 17.4 Å². The maximum Gasteiger partial charge on any atom is 0.233 e. The quantitative estimate of drug-likeness (QED) is 0.841. The highest BCUT2D eigenvalue weighted by atomic mass is 32.2. The zero-order chi connectivity index (χ0) is 16.7. The lowest BCUT2D eigenvalue weighted by Gasteiger charge is -2.06. The number of nitrogens with one attached hydrogen (secondary N) is 1. The molecule has 0 unspecified atom stereocenters. The monoisotopic (exact) mass is 332 g/mol. The lowest BCUT2D eigenvalue weighted by Crippen LogP contribution is -2.28. The van der Waals surface area contributed by atoms with Crippen molar-refractivity contribution in [1.29, 1.82) is 0 Å². The molecule has 0 spiro atoms. The molecule has 1 N–H and O–H groups in total. The number of carbonyl (C=O) groups is 1. The summed E-state index contributed by atoms with van der Waals surface area (Å²) in [5.41, 5.74) is 3.05. The number of hydrogen-bond donors (Lipinski definition) is 1. The van der Waals surface area contributed by atoms with E-state index in [1.807, 2.05) is 37.3 Å². The second kappa shape index (κ2) is 8.55. The third-order valence-electron chi connectivity index (χ3n) is 3.20. The molecule has 6 heteroatoms. The van der Waals surface area contributed by atoms with E-state index in [4.69, 9.17) is 4.74 Å². The van der Waals surface area contributed by atoms with Gasteiger partial charge in [-0.3, -0.25) is 9.00 Å². The van der Waals surface area contributed by atoms with Crippen molar-refractivity contribution in [3.8, 4) is 0 Å². The summed E-state index contributed by atoms with van der Waals surface area (Å²) in [4.78, 5) is 16.0. The summed E-state index contributed by atoms with van der Waals surface area (Å²) in [5.74, 6) is -0.343. The third-order valence-corrected chi connectivity index (χ3v) is 4.44. The van der Waals surface area contributed by atoms with Crippen molar-refractivity contribution in [2.24, 2.45) is 0 Å². The van der Waals surface area contributed by atoms with Gasteiger partial charge in [-0.2, -0.15) is 0 Å². The van der Waals surface area contributed by atoms with E-state index in [2.05, 4.69) is 10.3 Å². The predicted molar refractivity (Wildman–Crippen MR) is 89.3 cm³/mol. The second-order valence-corrected chi connectivity index (χ2v) is 6.59. The Balaban J connectivity index is 1.82. The molecule has 2 aromatic rings. The van der Waals surface area contributed by atoms with E-state index in [0.717, 1.165) is 16.7 Å². The van der Waals surface area contributed by atoms with Gasteiger partial charge in [-0.15, -0.1) is 0 Å². The Morgan fingerprint density at radius 3 is 2.48 bits per heavy atom. The van der Waals surface area contributed by atoms with Crippen LogP contribution in [0.1, 0.15) is 16.7 Å². The largest absolute Gasteiger partial charge is 0.380 e. The van der Waals surface area contributed by atoms with Gasteiger partial charge in [0.15, 0.2) is 0 Å². The highest BCUT2D eigenvalue weighted by Crippen LogP contribution is 2.06. The Morgan fingerprint density at radius 1 is 1.17 bits per heavy atom. The highest BCUT2D eigenvalue weighted by Gasteiger charge is 2.11. The fourth-order valence-electron chi connectivity index (χ4n) is 1.95. The van der Waals surface area contributed by atoms with Gasteiger partial charge < -0.3 is 10.1 Å². The molecule has 122 valence electrons. The number of aryl methyl sites for hydroxylation is 1. The zero-order valence-corrected chi connectivity index (χ0v) is 14.1. The smallest absolute Gasteiger partial charge is 0.233 e. The summed E-state index contributed by atoms with van der Waals surface area (Å²) in [6, 6.07) is 11.3. The SMILES string of the molecule is COCc1ccc(CNC(=O)C[S@@](=O)c2ccc(C)cn2)cc1. The van der Waals surface area contributed by atoms with E-state index in [1.54, 1.807) is 19.4 Å². The van der Waals surface area contributed by atoms with E-state index >= 15 is 0 Å². The van der Waals surface area contributed by atoms with Crippen molar-refractivity contribution >= 4 is 16.7 Å². The van der Waals surface area contributed by atoms with Crippen molar-refractivity contribution in [3.05, 3.63) is 59.3 Å². The Bertz CT molecular complexity index is 669. The first kappa shape index (κ1) is 17.3. The van der Waals surface area contributed by atoms with Crippen molar-refractivity contribution in [2.45, 2.75) is 25.1 Å². The number of ether oxygens (including phenoxy) is 1. The number of methoxy groups -OCH3 is 1. The molecule has 0 aliphatic carbocycles. The summed E-state index contributed by atoms with van der Waals surface area (Å²) in [6.45, 7) is 2.88. The topological polar surface area (TPSA) is 68.3 Å². The number of pyridine rings is 1. The maximum atomic E-state index is 12.1. The van der Waals surface area contributed by atoms with E-state index < -0.39 is 10.8 Å². The number of rotatable bonds is 7. The molecular formula is C17H20N2O3S. The Kier molecular flexibility index (Phi) is 6.43. The molecular weight excluding hydrogens is 312 g/mol. The summed E-state index contributed by atoms with van der Waals surface area (Å²) in [5, 5.41) is 3.20. The van der Waals surface area contributed by atoms with Gasteiger partial charge in [0.1, 0.15) is 10.8 Å². The molecule has 0 bridgehead atoms. The minimum atomic E-state index is -1.43. The lowest BCUT2D eigenvalue weighted by molar-refractivity contribution is -0.118. The number of carbonyl (C=O) groups excluding carboxylic acids is 1. The molecule has 0 aliphatic heterocycles. The van der Waals surface area contributed by atoms with Gasteiger partial charge in [-0.1, -0.05) is 30.3 Å². The van der Waals surface area contributed by atoms with Crippen molar-refractivity contribution in [1.82, 2.24) is 10.3 Å². The zero-order valence-electron chi connectivity index (χ0n) is 13.2. The number of benzene rings is 1. The van der Waals surface area contributed by atoms with Crippen molar-refractivity contribution in [3.63, 3.8) is 0 Å². The van der Waals surface area contributed by atoms with Crippen LogP contribution >= 0.6 is 0 Å². The fraction of sp³-hybridized carbons (Fsp3) is 0.294. The number of aromatic nitrogens is 1. The van der Waals surface area contributed by atoms with Crippen LogP contribution in [0.3, 0.4) is 0 Å². The maximum absolute atomic E-state index is 12.1. The van der Waals surface area contributed by atoms with Crippen LogP contribution in [0.2, 0.25) is 0 Å². The van der Waals surface area contributed by atoms with Crippen LogP contribution in [0, 0.1) is 6.92 Å². The molecule has 1 heterocycles. The Hall–Kier alpha value is -2.05. The van der Waals surface area contributed by atoms with E-state index in [0.29, 0.717) is 18.2 Å². The van der Waals surface area contributed by atoms with Gasteiger partial charge in [0.25, 0.3) is 0 Å². The molecule has 1 aromatic heterocycles. The van der Waals surface area contributed by atoms with Gasteiger partial charge in [-0.05, 0) is 29.7 Å². The van der Waals surface area contributed by atoms with Crippen LogP contribution in [0.15, 0.2) is 47.6 Å². The first-order chi connectivity index (χ1) is 11.1. The molecule has 0 radical (unpaired) electrons. The van der Waals surface area contributed by atoms with Crippen LogP contribution in [-0.2, 0) is 33.5 Å². The van der Waals surface area contributed by atoms with Gasteiger partial charge in [0.2, 0.25) is 5.91 Å². The third kappa shape index (κ3) is 5.58. The van der Waals surface area contributed by atoms with Crippen LogP contribution in [0.4, 0.5) is 0 Å². The average Bonchev–Trinajstić information content (AvgIpc) is 2.55. The van der Waals surface area contributed by atoms with Gasteiger partial charge in [-0.25, -0.2) is 4.98 Å². The highest BCUT2D eigenvalue weighted by molar-refractivity contribution is 7.85. The van der Waals surface area contributed by atoms with E-state index in [1.165, 1.54) is 0 Å². The lowest BCUT2D eigenvalue weighted by atomic mass is 10.1. The second-order valence-electron chi connectivity index (χ2n) is 5.19. The molecule has 1 aromatic carbocycles. The van der Waals surface area contributed by atoms with E-state index in [-0.39, 0.29) is 11.7 Å². The predicted octanol–water partition coefficient (Wildman–Crippen LogP) is 1.96. The minimum absolute atomic E-state index is 0.0855. The van der Waals surface area contributed by atoms with Gasteiger partial charge >= 0.3 is 0 Å².